The molecule has 0 spiro atoms. The van der Waals surface area contributed by atoms with Crippen molar-refractivity contribution in [2.45, 2.75) is 33.2 Å². The number of hydrogen-bond donors (Lipinski definition) is 2. The van der Waals surface area contributed by atoms with E-state index in [4.69, 9.17) is 0 Å². The topological polar surface area (TPSA) is 93.1 Å². The Balaban J connectivity index is 2.19. The molecule has 0 radical (unpaired) electrons. The van der Waals surface area contributed by atoms with Gasteiger partial charge in [-0.3, -0.25) is 14.4 Å². The SMILES string of the molecule is Cc1c(C(=O)NCC(=O)NC(C)(C)C)sc2ncn(C)c(=O)c12. The number of nitrogens with zero attached hydrogens (tertiary/aromatic N) is 2. The molecule has 0 saturated heterocycles. The Labute approximate surface area is 137 Å². The molecular weight excluding hydrogens is 316 g/mol. The van der Waals surface area contributed by atoms with E-state index in [-0.39, 0.29) is 29.5 Å². The van der Waals surface area contributed by atoms with Crippen LogP contribution in [0.4, 0.5) is 0 Å². The number of nitrogens with one attached hydrogen (secondary N) is 2. The molecule has 2 aromatic rings. The summed E-state index contributed by atoms with van der Waals surface area (Å²) in [5.41, 5.74) is 0.0477. The lowest BCUT2D eigenvalue weighted by molar-refractivity contribution is -0.121. The lowest BCUT2D eigenvalue weighted by Gasteiger charge is -2.20. The number of amides is 2. The standard InChI is InChI=1S/C15H20N4O3S/c1-8-10-13(17-7-19(5)14(10)22)23-11(8)12(21)16-6-9(20)18-15(2,3)4/h7H,6H2,1-5H3,(H,16,21)(H,18,20). The minimum Gasteiger partial charge on any atom is -0.350 e. The van der Waals surface area contributed by atoms with Crippen molar-refractivity contribution >= 4 is 33.4 Å². The molecule has 124 valence electrons. The fraction of sp³-hybridized carbons (Fsp3) is 0.467. The van der Waals surface area contributed by atoms with Crippen molar-refractivity contribution in [1.29, 1.82) is 0 Å². The number of carbonyl (C=O) groups is 2. The molecule has 0 aromatic carbocycles. The van der Waals surface area contributed by atoms with Gasteiger partial charge in [-0.15, -0.1) is 11.3 Å². The van der Waals surface area contributed by atoms with Crippen molar-refractivity contribution in [3.05, 3.63) is 27.1 Å². The summed E-state index contributed by atoms with van der Waals surface area (Å²) in [6.07, 6.45) is 1.43. The van der Waals surface area contributed by atoms with Gasteiger partial charge in [-0.25, -0.2) is 4.98 Å². The van der Waals surface area contributed by atoms with E-state index in [0.29, 0.717) is 20.7 Å². The van der Waals surface area contributed by atoms with Crippen molar-refractivity contribution in [1.82, 2.24) is 20.2 Å². The maximum absolute atomic E-state index is 12.3. The largest absolute Gasteiger partial charge is 0.350 e. The van der Waals surface area contributed by atoms with Crippen molar-refractivity contribution in [3.63, 3.8) is 0 Å². The lowest BCUT2D eigenvalue weighted by Crippen LogP contribution is -2.45. The third-order valence-corrected chi connectivity index (χ3v) is 4.34. The zero-order valence-corrected chi connectivity index (χ0v) is 14.6. The zero-order valence-electron chi connectivity index (χ0n) is 13.8. The lowest BCUT2D eigenvalue weighted by atomic mass is 10.1. The highest BCUT2D eigenvalue weighted by atomic mass is 32.1. The monoisotopic (exact) mass is 336 g/mol. The third-order valence-electron chi connectivity index (χ3n) is 3.14. The third kappa shape index (κ3) is 3.76. The fourth-order valence-corrected chi connectivity index (χ4v) is 3.18. The second-order valence-electron chi connectivity index (χ2n) is 6.38. The molecule has 2 rings (SSSR count). The first kappa shape index (κ1) is 17.1. The van der Waals surface area contributed by atoms with Crippen LogP contribution >= 0.6 is 11.3 Å². The minimum atomic E-state index is -0.378. The van der Waals surface area contributed by atoms with E-state index in [1.165, 1.54) is 10.9 Å². The number of aromatic nitrogens is 2. The molecule has 7 nitrogen and oxygen atoms in total. The summed E-state index contributed by atoms with van der Waals surface area (Å²) in [5, 5.41) is 5.80. The first-order valence-corrected chi connectivity index (χ1v) is 7.96. The Morgan fingerprint density at radius 3 is 2.61 bits per heavy atom. The van der Waals surface area contributed by atoms with E-state index < -0.39 is 0 Å². The second kappa shape index (κ2) is 6.11. The maximum Gasteiger partial charge on any atom is 0.262 e. The van der Waals surface area contributed by atoms with Crippen LogP contribution in [0.15, 0.2) is 11.1 Å². The summed E-state index contributed by atoms with van der Waals surface area (Å²) in [7, 11) is 1.61. The molecule has 0 aliphatic heterocycles. The summed E-state index contributed by atoms with van der Waals surface area (Å²) >= 11 is 1.15. The van der Waals surface area contributed by atoms with Gasteiger partial charge in [0.15, 0.2) is 0 Å². The van der Waals surface area contributed by atoms with Gasteiger partial charge < -0.3 is 15.2 Å². The Bertz CT molecular complexity index is 830. The van der Waals surface area contributed by atoms with Crippen LogP contribution in [-0.2, 0) is 11.8 Å². The minimum absolute atomic E-state index is 0.116. The smallest absolute Gasteiger partial charge is 0.262 e. The van der Waals surface area contributed by atoms with Crippen molar-refractivity contribution in [2.24, 2.45) is 7.05 Å². The van der Waals surface area contributed by atoms with Crippen LogP contribution in [0.3, 0.4) is 0 Å². The average molecular weight is 336 g/mol. The van der Waals surface area contributed by atoms with Gasteiger partial charge in [0.05, 0.1) is 23.1 Å². The highest BCUT2D eigenvalue weighted by molar-refractivity contribution is 7.20. The van der Waals surface area contributed by atoms with Gasteiger partial charge in [0, 0.05) is 12.6 Å². The van der Waals surface area contributed by atoms with E-state index in [2.05, 4.69) is 15.6 Å². The number of rotatable bonds is 3. The van der Waals surface area contributed by atoms with Crippen LogP contribution in [-0.4, -0.2) is 33.4 Å². The first-order chi connectivity index (χ1) is 10.6. The zero-order chi connectivity index (χ0) is 17.4. The predicted octanol–water partition coefficient (Wildman–Crippen LogP) is 0.948. The molecule has 2 aromatic heterocycles. The average Bonchev–Trinajstić information content (AvgIpc) is 2.76. The summed E-state index contributed by atoms with van der Waals surface area (Å²) < 4.78 is 1.38. The molecule has 0 fully saturated rings. The van der Waals surface area contributed by atoms with Gasteiger partial charge in [0.1, 0.15) is 4.83 Å². The summed E-state index contributed by atoms with van der Waals surface area (Å²) in [5.74, 6) is -0.643. The molecule has 0 aliphatic carbocycles. The second-order valence-corrected chi connectivity index (χ2v) is 7.38. The Morgan fingerprint density at radius 2 is 2.00 bits per heavy atom. The van der Waals surface area contributed by atoms with Gasteiger partial charge >= 0.3 is 0 Å². The highest BCUT2D eigenvalue weighted by Crippen LogP contribution is 2.26. The molecule has 2 amide bonds. The van der Waals surface area contributed by atoms with Crippen LogP contribution < -0.4 is 16.2 Å². The van der Waals surface area contributed by atoms with Gasteiger partial charge in [-0.05, 0) is 33.3 Å². The van der Waals surface area contributed by atoms with Gasteiger partial charge in [0.2, 0.25) is 5.91 Å². The normalized spacial score (nSPS) is 11.5. The summed E-state index contributed by atoms with van der Waals surface area (Å²) in [4.78, 5) is 41.3. The van der Waals surface area contributed by atoms with Gasteiger partial charge in [-0.1, -0.05) is 0 Å². The van der Waals surface area contributed by atoms with E-state index in [9.17, 15) is 14.4 Å². The molecule has 0 atom stereocenters. The summed E-state index contributed by atoms with van der Waals surface area (Å²) in [6.45, 7) is 7.19. The number of fused-ring (bicyclic) bond motifs is 1. The molecule has 8 heteroatoms. The van der Waals surface area contributed by atoms with Crippen LogP contribution in [0, 0.1) is 6.92 Å². The van der Waals surface area contributed by atoms with E-state index >= 15 is 0 Å². The van der Waals surface area contributed by atoms with E-state index in [1.54, 1.807) is 14.0 Å². The van der Waals surface area contributed by atoms with Crippen molar-refractivity contribution in [3.8, 4) is 0 Å². The number of carbonyl (C=O) groups excluding carboxylic acids is 2. The Morgan fingerprint density at radius 1 is 1.35 bits per heavy atom. The highest BCUT2D eigenvalue weighted by Gasteiger charge is 2.20. The van der Waals surface area contributed by atoms with Crippen LogP contribution in [0.25, 0.3) is 10.2 Å². The Kier molecular flexibility index (Phi) is 4.56. The van der Waals surface area contributed by atoms with Crippen LogP contribution in [0.1, 0.15) is 36.0 Å². The van der Waals surface area contributed by atoms with E-state index in [1.807, 2.05) is 20.8 Å². The molecule has 0 unspecified atom stereocenters. The van der Waals surface area contributed by atoms with Gasteiger partial charge in [0.25, 0.3) is 11.5 Å². The number of hydrogen-bond acceptors (Lipinski definition) is 5. The summed E-state index contributed by atoms with van der Waals surface area (Å²) in [6, 6.07) is 0. The maximum atomic E-state index is 12.3. The first-order valence-electron chi connectivity index (χ1n) is 7.14. The van der Waals surface area contributed by atoms with Crippen molar-refractivity contribution < 1.29 is 9.59 Å². The van der Waals surface area contributed by atoms with Crippen LogP contribution in [0.5, 0.6) is 0 Å². The molecular formula is C15H20N4O3S. The molecule has 0 aliphatic rings. The van der Waals surface area contributed by atoms with E-state index in [0.717, 1.165) is 11.3 Å². The number of aryl methyl sites for hydroxylation is 2. The Hall–Kier alpha value is -2.22. The fourth-order valence-electron chi connectivity index (χ4n) is 2.13. The molecule has 0 bridgehead atoms. The molecule has 2 heterocycles. The van der Waals surface area contributed by atoms with Crippen molar-refractivity contribution in [2.75, 3.05) is 6.54 Å². The number of thiophene rings is 1. The van der Waals surface area contributed by atoms with Gasteiger partial charge in [-0.2, -0.15) is 0 Å². The molecule has 2 N–H and O–H groups in total. The quantitative estimate of drug-likeness (QED) is 0.873. The molecule has 23 heavy (non-hydrogen) atoms. The predicted molar refractivity (Wildman–Crippen MR) is 89.8 cm³/mol. The van der Waals surface area contributed by atoms with Crippen LogP contribution in [0.2, 0.25) is 0 Å². The molecule has 0 saturated carbocycles.